The maximum Gasteiger partial charge on any atom is 0.264 e. The van der Waals surface area contributed by atoms with Gasteiger partial charge >= 0.3 is 0 Å². The maximum atomic E-state index is 12.8. The Morgan fingerprint density at radius 2 is 2.45 bits per heavy atom. The summed E-state index contributed by atoms with van der Waals surface area (Å²) in [7, 11) is 0. The van der Waals surface area contributed by atoms with Crippen molar-refractivity contribution < 1.29 is 4.79 Å². The molecule has 5 nitrogen and oxygen atoms in total. The van der Waals surface area contributed by atoms with E-state index in [9.17, 15) is 4.79 Å². The van der Waals surface area contributed by atoms with E-state index in [1.807, 2.05) is 16.3 Å². The number of hydrogen-bond acceptors (Lipinski definition) is 4. The predicted molar refractivity (Wildman–Crippen MR) is 77.7 cm³/mol. The molecule has 1 aliphatic heterocycles. The van der Waals surface area contributed by atoms with Gasteiger partial charge in [0.2, 0.25) is 0 Å². The molecule has 20 heavy (non-hydrogen) atoms. The van der Waals surface area contributed by atoms with E-state index < -0.39 is 0 Å². The van der Waals surface area contributed by atoms with Crippen molar-refractivity contribution in [1.82, 2.24) is 20.1 Å². The number of rotatable bonds is 3. The highest BCUT2D eigenvalue weighted by molar-refractivity contribution is 7.12. The van der Waals surface area contributed by atoms with Gasteiger partial charge in [-0.3, -0.25) is 9.89 Å². The van der Waals surface area contributed by atoms with E-state index in [-0.39, 0.29) is 11.9 Å². The number of aromatic nitrogens is 3. The number of aryl methyl sites for hydroxylation is 1. The molecule has 0 spiro atoms. The summed E-state index contributed by atoms with van der Waals surface area (Å²) in [6.07, 6.45) is 5.54. The molecule has 0 aliphatic carbocycles. The van der Waals surface area contributed by atoms with E-state index in [1.54, 1.807) is 0 Å². The Kier molecular flexibility index (Phi) is 3.82. The Labute approximate surface area is 122 Å². The quantitative estimate of drug-likeness (QED) is 0.945. The van der Waals surface area contributed by atoms with E-state index in [0.29, 0.717) is 0 Å². The van der Waals surface area contributed by atoms with Gasteiger partial charge in [0.1, 0.15) is 12.2 Å². The second kappa shape index (κ2) is 5.75. The Morgan fingerprint density at radius 3 is 3.20 bits per heavy atom. The summed E-state index contributed by atoms with van der Waals surface area (Å²) in [5.74, 6) is 0.936. The molecule has 0 unspecified atom stereocenters. The Balaban J connectivity index is 1.88. The number of thiophene rings is 1. The third-order valence-corrected chi connectivity index (χ3v) is 4.78. The SMILES string of the molecule is CCc1ccsc1C(=O)N1CCCC[C@H]1c1ncn[nH]1. The number of aromatic amines is 1. The Bertz CT molecular complexity index is 578. The average molecular weight is 290 g/mol. The molecule has 3 rings (SSSR count). The number of hydrogen-bond donors (Lipinski definition) is 1. The van der Waals surface area contributed by atoms with E-state index in [4.69, 9.17) is 0 Å². The lowest BCUT2D eigenvalue weighted by Crippen LogP contribution is -2.39. The maximum absolute atomic E-state index is 12.8. The van der Waals surface area contributed by atoms with Crippen LogP contribution in [0, 0.1) is 0 Å². The summed E-state index contributed by atoms with van der Waals surface area (Å²) in [4.78, 5) is 19.9. The molecule has 0 radical (unpaired) electrons. The molecular weight excluding hydrogens is 272 g/mol. The first-order chi connectivity index (χ1) is 9.81. The van der Waals surface area contributed by atoms with Gasteiger partial charge in [-0.25, -0.2) is 4.98 Å². The van der Waals surface area contributed by atoms with Crippen LogP contribution in [0.5, 0.6) is 0 Å². The van der Waals surface area contributed by atoms with Gasteiger partial charge in [-0.2, -0.15) is 5.10 Å². The van der Waals surface area contributed by atoms with Crippen LogP contribution in [-0.2, 0) is 6.42 Å². The minimum absolute atomic E-state index is 0.0329. The van der Waals surface area contributed by atoms with Gasteiger partial charge in [-0.1, -0.05) is 6.92 Å². The highest BCUT2D eigenvalue weighted by Gasteiger charge is 2.31. The van der Waals surface area contributed by atoms with Crippen molar-refractivity contribution in [1.29, 1.82) is 0 Å². The fourth-order valence-corrected chi connectivity index (χ4v) is 3.72. The lowest BCUT2D eigenvalue weighted by Gasteiger charge is -2.34. The number of amides is 1. The largest absolute Gasteiger partial charge is 0.328 e. The van der Waals surface area contributed by atoms with Crippen LogP contribution in [0.2, 0.25) is 0 Å². The number of H-pyrrole nitrogens is 1. The number of likely N-dealkylation sites (tertiary alicyclic amines) is 1. The van der Waals surface area contributed by atoms with Crippen LogP contribution in [0.4, 0.5) is 0 Å². The van der Waals surface area contributed by atoms with Crippen molar-refractivity contribution in [2.45, 2.75) is 38.6 Å². The van der Waals surface area contributed by atoms with Gasteiger partial charge < -0.3 is 4.90 Å². The standard InChI is InChI=1S/C14H18N4OS/c1-2-10-6-8-20-12(10)14(19)18-7-4-3-5-11(18)13-15-9-16-17-13/h6,8-9,11H,2-5,7H2,1H3,(H,15,16,17)/t11-/m0/s1. The van der Waals surface area contributed by atoms with Gasteiger partial charge in [0, 0.05) is 6.54 Å². The molecule has 0 aromatic carbocycles. The summed E-state index contributed by atoms with van der Waals surface area (Å²) in [6.45, 7) is 2.88. The third kappa shape index (κ3) is 2.35. The number of nitrogens with zero attached hydrogens (tertiary/aromatic N) is 3. The fourth-order valence-electron chi connectivity index (χ4n) is 2.77. The molecule has 0 bridgehead atoms. The molecule has 6 heteroatoms. The van der Waals surface area contributed by atoms with Crippen molar-refractivity contribution in [3.05, 3.63) is 34.0 Å². The average Bonchev–Trinajstić information content (AvgIpc) is 3.17. The summed E-state index contributed by atoms with van der Waals surface area (Å²) in [5.41, 5.74) is 1.14. The zero-order valence-electron chi connectivity index (χ0n) is 11.5. The Morgan fingerprint density at radius 1 is 1.55 bits per heavy atom. The van der Waals surface area contributed by atoms with Crippen LogP contribution in [0.15, 0.2) is 17.8 Å². The van der Waals surface area contributed by atoms with Crippen LogP contribution in [0.1, 0.15) is 53.3 Å². The molecule has 1 atom stereocenters. The molecule has 0 saturated carbocycles. The normalized spacial score (nSPS) is 19.2. The smallest absolute Gasteiger partial charge is 0.264 e. The summed E-state index contributed by atoms with van der Waals surface area (Å²) in [5, 5.41) is 8.83. The zero-order chi connectivity index (χ0) is 13.9. The molecule has 1 aliphatic rings. The number of nitrogens with one attached hydrogen (secondary N) is 1. The summed E-state index contributed by atoms with van der Waals surface area (Å²) in [6, 6.07) is 2.08. The van der Waals surface area contributed by atoms with Gasteiger partial charge in [0.05, 0.1) is 10.9 Å². The molecule has 1 fully saturated rings. The molecule has 106 valence electrons. The first kappa shape index (κ1) is 13.3. The Hall–Kier alpha value is -1.69. The van der Waals surface area contributed by atoms with E-state index in [2.05, 4.69) is 22.1 Å². The van der Waals surface area contributed by atoms with Gasteiger partial charge in [0.15, 0.2) is 0 Å². The van der Waals surface area contributed by atoms with Crippen molar-refractivity contribution in [3.63, 3.8) is 0 Å². The van der Waals surface area contributed by atoms with Crippen LogP contribution in [-0.4, -0.2) is 32.5 Å². The van der Waals surface area contributed by atoms with E-state index in [0.717, 1.165) is 48.5 Å². The monoisotopic (exact) mass is 290 g/mol. The minimum atomic E-state index is 0.0329. The van der Waals surface area contributed by atoms with E-state index >= 15 is 0 Å². The topological polar surface area (TPSA) is 61.9 Å². The van der Waals surface area contributed by atoms with Crippen LogP contribution in [0.25, 0.3) is 0 Å². The van der Waals surface area contributed by atoms with Crippen LogP contribution >= 0.6 is 11.3 Å². The first-order valence-electron chi connectivity index (χ1n) is 7.04. The summed E-state index contributed by atoms with van der Waals surface area (Å²) < 4.78 is 0. The van der Waals surface area contributed by atoms with Crippen molar-refractivity contribution in [3.8, 4) is 0 Å². The second-order valence-corrected chi connectivity index (χ2v) is 5.93. The van der Waals surface area contributed by atoms with Crippen molar-refractivity contribution in [2.24, 2.45) is 0 Å². The second-order valence-electron chi connectivity index (χ2n) is 5.01. The van der Waals surface area contributed by atoms with Crippen molar-refractivity contribution in [2.75, 3.05) is 6.54 Å². The molecule has 1 saturated heterocycles. The highest BCUT2D eigenvalue weighted by Crippen LogP contribution is 2.31. The van der Waals surface area contributed by atoms with Gasteiger partial charge in [0.25, 0.3) is 5.91 Å². The lowest BCUT2D eigenvalue weighted by atomic mass is 10.0. The molecule has 1 N–H and O–H groups in total. The van der Waals surface area contributed by atoms with Gasteiger partial charge in [-0.15, -0.1) is 11.3 Å². The van der Waals surface area contributed by atoms with E-state index in [1.165, 1.54) is 17.7 Å². The number of carbonyl (C=O) groups is 1. The molecular formula is C14H18N4OS. The number of carbonyl (C=O) groups excluding carboxylic acids is 1. The molecule has 3 heterocycles. The summed E-state index contributed by atoms with van der Waals surface area (Å²) >= 11 is 1.54. The van der Waals surface area contributed by atoms with Crippen LogP contribution < -0.4 is 0 Å². The zero-order valence-corrected chi connectivity index (χ0v) is 12.3. The molecule has 2 aromatic heterocycles. The lowest BCUT2D eigenvalue weighted by molar-refractivity contribution is 0.0604. The molecule has 2 aromatic rings. The highest BCUT2D eigenvalue weighted by atomic mass is 32.1. The van der Waals surface area contributed by atoms with Crippen molar-refractivity contribution >= 4 is 17.2 Å². The third-order valence-electron chi connectivity index (χ3n) is 3.83. The minimum Gasteiger partial charge on any atom is -0.328 e. The first-order valence-corrected chi connectivity index (χ1v) is 7.91. The van der Waals surface area contributed by atoms with Gasteiger partial charge in [-0.05, 0) is 42.7 Å². The molecule has 1 amide bonds. The fraction of sp³-hybridized carbons (Fsp3) is 0.500. The number of piperidine rings is 1. The predicted octanol–water partition coefficient (Wildman–Crippen LogP) is 2.80. The van der Waals surface area contributed by atoms with Crippen LogP contribution in [0.3, 0.4) is 0 Å².